The second-order valence-electron chi connectivity index (χ2n) is 6.78. The van der Waals surface area contributed by atoms with Gasteiger partial charge in [-0.2, -0.15) is 4.31 Å². The average molecular weight is 406 g/mol. The van der Waals surface area contributed by atoms with E-state index < -0.39 is 15.8 Å². The molecular weight excluding hydrogens is 383 g/mol. The predicted octanol–water partition coefficient (Wildman–Crippen LogP) is 2.35. The highest BCUT2D eigenvalue weighted by Gasteiger charge is 2.30. The fraction of sp³-hybridized carbons (Fsp3) is 0.350. The molecule has 0 aliphatic carbocycles. The number of sulfonamides is 1. The minimum atomic E-state index is -3.59. The Kier molecular flexibility index (Phi) is 6.00. The first-order chi connectivity index (χ1) is 13.3. The van der Waals surface area contributed by atoms with Crippen LogP contribution in [0.2, 0.25) is 0 Å². The lowest BCUT2D eigenvalue weighted by Crippen LogP contribution is -2.51. The first-order valence-electron chi connectivity index (χ1n) is 9.01. The third-order valence-electron chi connectivity index (χ3n) is 4.87. The van der Waals surface area contributed by atoms with E-state index in [1.165, 1.54) is 22.5 Å². The zero-order chi connectivity index (χ0) is 20.3. The highest BCUT2D eigenvalue weighted by molar-refractivity contribution is 7.89. The smallest absolute Gasteiger partial charge is 0.260 e. The largest absolute Gasteiger partial charge is 0.484 e. The van der Waals surface area contributed by atoms with Crippen LogP contribution < -0.4 is 4.74 Å². The van der Waals surface area contributed by atoms with Crippen LogP contribution in [0.4, 0.5) is 4.39 Å². The number of rotatable bonds is 5. The molecule has 2 aromatic carbocycles. The summed E-state index contributed by atoms with van der Waals surface area (Å²) in [7, 11) is -3.59. The van der Waals surface area contributed by atoms with Gasteiger partial charge >= 0.3 is 0 Å². The Hall–Kier alpha value is -2.45. The Morgan fingerprint density at radius 1 is 1.04 bits per heavy atom. The second kappa shape index (κ2) is 8.28. The molecule has 1 heterocycles. The molecule has 1 aliphatic rings. The number of aryl methyl sites for hydroxylation is 2. The van der Waals surface area contributed by atoms with Crippen LogP contribution >= 0.6 is 0 Å². The fourth-order valence-corrected chi connectivity index (χ4v) is 4.50. The summed E-state index contributed by atoms with van der Waals surface area (Å²) in [6.45, 7) is 4.62. The molecule has 6 nitrogen and oxygen atoms in total. The molecular formula is C20H23FN2O4S. The van der Waals surface area contributed by atoms with Gasteiger partial charge in [0.05, 0.1) is 4.90 Å². The van der Waals surface area contributed by atoms with Crippen molar-refractivity contribution in [1.29, 1.82) is 0 Å². The first kappa shape index (κ1) is 20.3. The van der Waals surface area contributed by atoms with E-state index in [1.807, 2.05) is 13.8 Å². The lowest BCUT2D eigenvalue weighted by molar-refractivity contribution is -0.134. The number of amides is 1. The number of carbonyl (C=O) groups is 1. The van der Waals surface area contributed by atoms with Crippen LogP contribution in [-0.4, -0.2) is 56.3 Å². The van der Waals surface area contributed by atoms with Crippen molar-refractivity contribution in [3.63, 3.8) is 0 Å². The molecule has 0 atom stereocenters. The standard InChI is InChI=1S/C20H23FN2O4S/c1-15-6-7-19(12-16(15)2)28(25,26)23-10-8-22(9-11-23)20(24)14-27-18-5-3-4-17(21)13-18/h3-7,12-13H,8-11,14H2,1-2H3. The third kappa shape index (κ3) is 4.51. The van der Waals surface area contributed by atoms with Gasteiger partial charge in [-0.05, 0) is 49.2 Å². The third-order valence-corrected chi connectivity index (χ3v) is 6.76. The molecule has 1 fully saturated rings. The van der Waals surface area contributed by atoms with Gasteiger partial charge in [-0.25, -0.2) is 12.8 Å². The first-order valence-corrected chi connectivity index (χ1v) is 10.4. The zero-order valence-electron chi connectivity index (χ0n) is 15.9. The van der Waals surface area contributed by atoms with E-state index in [0.717, 1.165) is 11.1 Å². The van der Waals surface area contributed by atoms with Crippen LogP contribution in [0, 0.1) is 19.7 Å². The van der Waals surface area contributed by atoms with Crippen LogP contribution in [-0.2, 0) is 14.8 Å². The maximum atomic E-state index is 13.2. The number of ether oxygens (including phenoxy) is 1. The summed E-state index contributed by atoms with van der Waals surface area (Å²) >= 11 is 0. The molecule has 1 amide bonds. The lowest BCUT2D eigenvalue weighted by atomic mass is 10.1. The van der Waals surface area contributed by atoms with Crippen LogP contribution in [0.5, 0.6) is 5.75 Å². The predicted molar refractivity (Wildman–Crippen MR) is 103 cm³/mol. The minimum absolute atomic E-state index is 0.215. The van der Waals surface area contributed by atoms with E-state index in [9.17, 15) is 17.6 Å². The second-order valence-corrected chi connectivity index (χ2v) is 8.71. The molecule has 0 N–H and O–H groups in total. The molecule has 0 spiro atoms. The summed E-state index contributed by atoms with van der Waals surface area (Å²) in [5.74, 6) is -0.410. The summed E-state index contributed by atoms with van der Waals surface area (Å²) in [6, 6.07) is 10.7. The van der Waals surface area contributed by atoms with Gasteiger partial charge in [-0.15, -0.1) is 0 Å². The van der Waals surface area contributed by atoms with E-state index in [1.54, 1.807) is 29.2 Å². The van der Waals surface area contributed by atoms with Gasteiger partial charge in [0.2, 0.25) is 10.0 Å². The maximum absolute atomic E-state index is 13.2. The fourth-order valence-electron chi connectivity index (χ4n) is 2.99. The van der Waals surface area contributed by atoms with Gasteiger partial charge in [-0.3, -0.25) is 4.79 Å². The number of halogens is 1. The number of hydrogen-bond donors (Lipinski definition) is 0. The van der Waals surface area contributed by atoms with E-state index in [-0.39, 0.29) is 49.3 Å². The Morgan fingerprint density at radius 2 is 1.75 bits per heavy atom. The number of benzene rings is 2. The molecule has 0 aromatic heterocycles. The molecule has 0 radical (unpaired) electrons. The van der Waals surface area contributed by atoms with Crippen molar-refractivity contribution < 1.29 is 22.3 Å². The van der Waals surface area contributed by atoms with Gasteiger partial charge in [0.15, 0.2) is 6.61 Å². The molecule has 0 saturated carbocycles. The maximum Gasteiger partial charge on any atom is 0.260 e. The van der Waals surface area contributed by atoms with E-state index in [4.69, 9.17) is 4.74 Å². The number of nitrogens with zero attached hydrogens (tertiary/aromatic N) is 2. The number of hydrogen-bond acceptors (Lipinski definition) is 4. The molecule has 0 bridgehead atoms. The average Bonchev–Trinajstić information content (AvgIpc) is 2.68. The molecule has 3 rings (SSSR count). The summed E-state index contributed by atoms with van der Waals surface area (Å²) in [5.41, 5.74) is 1.96. The Morgan fingerprint density at radius 3 is 2.39 bits per heavy atom. The van der Waals surface area contributed by atoms with Crippen LogP contribution in [0.25, 0.3) is 0 Å². The van der Waals surface area contributed by atoms with Crippen molar-refractivity contribution in [1.82, 2.24) is 9.21 Å². The Balaban J connectivity index is 1.57. The molecule has 28 heavy (non-hydrogen) atoms. The van der Waals surface area contributed by atoms with Gasteiger partial charge in [-0.1, -0.05) is 12.1 Å². The summed E-state index contributed by atoms with van der Waals surface area (Å²) in [5, 5.41) is 0. The molecule has 0 unspecified atom stereocenters. The van der Waals surface area contributed by atoms with Crippen LogP contribution in [0.1, 0.15) is 11.1 Å². The van der Waals surface area contributed by atoms with Gasteiger partial charge in [0.1, 0.15) is 11.6 Å². The molecule has 1 saturated heterocycles. The highest BCUT2D eigenvalue weighted by atomic mass is 32.2. The van der Waals surface area contributed by atoms with Crippen molar-refractivity contribution in [2.75, 3.05) is 32.8 Å². The van der Waals surface area contributed by atoms with Crippen molar-refractivity contribution >= 4 is 15.9 Å². The van der Waals surface area contributed by atoms with Gasteiger partial charge in [0, 0.05) is 32.2 Å². The Labute approximate surface area is 164 Å². The zero-order valence-corrected chi connectivity index (χ0v) is 16.7. The SMILES string of the molecule is Cc1ccc(S(=O)(=O)N2CCN(C(=O)COc3cccc(F)c3)CC2)cc1C. The van der Waals surface area contributed by atoms with Crippen molar-refractivity contribution in [2.24, 2.45) is 0 Å². The molecule has 2 aromatic rings. The Bertz CT molecular complexity index is 970. The lowest BCUT2D eigenvalue weighted by Gasteiger charge is -2.34. The monoisotopic (exact) mass is 406 g/mol. The quantitative estimate of drug-likeness (QED) is 0.765. The molecule has 1 aliphatic heterocycles. The van der Waals surface area contributed by atoms with Crippen LogP contribution in [0.15, 0.2) is 47.4 Å². The summed E-state index contributed by atoms with van der Waals surface area (Å²) in [4.78, 5) is 14.1. The van der Waals surface area contributed by atoms with Crippen molar-refractivity contribution in [3.05, 3.63) is 59.4 Å². The van der Waals surface area contributed by atoms with E-state index in [2.05, 4.69) is 0 Å². The van der Waals surface area contributed by atoms with Crippen molar-refractivity contribution in [3.8, 4) is 5.75 Å². The summed E-state index contributed by atoms with van der Waals surface area (Å²) in [6.07, 6.45) is 0. The summed E-state index contributed by atoms with van der Waals surface area (Å²) < 4.78 is 45.5. The number of piperazine rings is 1. The number of carbonyl (C=O) groups excluding carboxylic acids is 1. The van der Waals surface area contributed by atoms with E-state index >= 15 is 0 Å². The topological polar surface area (TPSA) is 66.9 Å². The highest BCUT2D eigenvalue weighted by Crippen LogP contribution is 2.20. The van der Waals surface area contributed by atoms with Gasteiger partial charge < -0.3 is 9.64 Å². The van der Waals surface area contributed by atoms with E-state index in [0.29, 0.717) is 0 Å². The minimum Gasteiger partial charge on any atom is -0.484 e. The van der Waals surface area contributed by atoms with Crippen LogP contribution in [0.3, 0.4) is 0 Å². The van der Waals surface area contributed by atoms with Gasteiger partial charge in [0.25, 0.3) is 5.91 Å². The molecule has 150 valence electrons. The van der Waals surface area contributed by atoms with Crippen molar-refractivity contribution in [2.45, 2.75) is 18.7 Å². The normalized spacial score (nSPS) is 15.5. The molecule has 8 heteroatoms.